The first-order valence-corrected chi connectivity index (χ1v) is 15.9. The zero-order valence-corrected chi connectivity index (χ0v) is 24.3. The van der Waals surface area contributed by atoms with Crippen molar-refractivity contribution in [1.29, 1.82) is 0 Å². The highest BCUT2D eigenvalue weighted by molar-refractivity contribution is 5.91. The Labute approximate surface area is 234 Å². The lowest BCUT2D eigenvalue weighted by atomic mass is 9.46. The van der Waals surface area contributed by atoms with Crippen molar-refractivity contribution in [3.63, 3.8) is 0 Å². The van der Waals surface area contributed by atoms with E-state index in [4.69, 9.17) is 4.84 Å². The van der Waals surface area contributed by atoms with Crippen molar-refractivity contribution in [3.05, 3.63) is 11.6 Å². The highest BCUT2D eigenvalue weighted by Crippen LogP contribution is 2.66. The van der Waals surface area contributed by atoms with Crippen LogP contribution in [0, 0.1) is 34.5 Å². The summed E-state index contributed by atoms with van der Waals surface area (Å²) in [5.41, 5.74) is 2.79. The van der Waals surface area contributed by atoms with Gasteiger partial charge < -0.3 is 15.3 Å². The summed E-state index contributed by atoms with van der Waals surface area (Å²) in [4.78, 5) is 32.9. The van der Waals surface area contributed by atoms with E-state index in [9.17, 15) is 14.7 Å². The molecule has 0 aromatic rings. The van der Waals surface area contributed by atoms with Crippen LogP contribution in [-0.4, -0.2) is 58.9 Å². The van der Waals surface area contributed by atoms with Crippen molar-refractivity contribution in [1.82, 2.24) is 10.2 Å². The van der Waals surface area contributed by atoms with Crippen LogP contribution < -0.4 is 5.32 Å². The quantitative estimate of drug-likeness (QED) is 0.260. The molecule has 2 unspecified atom stereocenters. The number of hydrogen-bond acceptors (Lipinski definition) is 6. The average molecular weight is 540 g/mol. The Morgan fingerprint density at radius 3 is 2.64 bits per heavy atom. The standard InChI is InChI=1S/C32H49N3O4/c1-20(34-39-30(38)35(22-5-4-6-22)18-14-28-29(37)13-17-33-28)25-9-10-26-24-8-7-21-19-23(36)11-15-31(21,2)27(24)12-16-32(25,26)3/h19,22,24-29,33,37H,4-18H2,1-3H3/b34-20+/t24-,25+,26-,27-,28?,29?,31-,32+/m0/s1. The molecule has 1 heterocycles. The van der Waals surface area contributed by atoms with Gasteiger partial charge in [0, 0.05) is 31.0 Å². The van der Waals surface area contributed by atoms with Crippen LogP contribution in [0.4, 0.5) is 4.79 Å². The predicted molar refractivity (Wildman–Crippen MR) is 151 cm³/mol. The molecule has 1 saturated heterocycles. The molecule has 216 valence electrons. The molecule has 6 rings (SSSR count). The van der Waals surface area contributed by atoms with Crippen molar-refractivity contribution in [3.8, 4) is 0 Å². The molecule has 0 radical (unpaired) electrons. The summed E-state index contributed by atoms with van der Waals surface area (Å²) in [6.45, 7) is 8.42. The molecular weight excluding hydrogens is 490 g/mol. The second-order valence-electron chi connectivity index (χ2n) is 14.2. The summed E-state index contributed by atoms with van der Waals surface area (Å²) < 4.78 is 0. The summed E-state index contributed by atoms with van der Waals surface area (Å²) in [7, 11) is 0. The maximum atomic E-state index is 13.2. The normalized spacial score (nSPS) is 42.2. The fraction of sp³-hybridized carbons (Fsp3) is 0.844. The van der Waals surface area contributed by atoms with Crippen molar-refractivity contribution in [2.75, 3.05) is 13.1 Å². The van der Waals surface area contributed by atoms with Crippen LogP contribution in [0.1, 0.15) is 104 Å². The molecular formula is C32H49N3O4. The zero-order chi connectivity index (χ0) is 27.4. The van der Waals surface area contributed by atoms with Crippen molar-refractivity contribution in [2.24, 2.45) is 39.7 Å². The number of nitrogens with one attached hydrogen (secondary N) is 1. The Balaban J connectivity index is 1.11. The molecule has 8 atom stereocenters. The number of carbonyl (C=O) groups is 2. The highest BCUT2D eigenvalue weighted by atomic mass is 16.7. The van der Waals surface area contributed by atoms with E-state index in [0.29, 0.717) is 42.4 Å². The number of carbonyl (C=O) groups excluding carboxylic acids is 2. The second-order valence-corrected chi connectivity index (χ2v) is 14.2. The lowest BCUT2D eigenvalue weighted by Crippen LogP contribution is -2.51. The predicted octanol–water partition coefficient (Wildman–Crippen LogP) is 5.61. The number of nitrogens with zero attached hydrogens (tertiary/aromatic N) is 2. The largest absolute Gasteiger partial charge is 0.436 e. The minimum absolute atomic E-state index is 0.0545. The van der Waals surface area contributed by atoms with Gasteiger partial charge in [0.05, 0.1) is 11.8 Å². The van der Waals surface area contributed by atoms with Gasteiger partial charge in [0.25, 0.3) is 0 Å². The lowest BCUT2D eigenvalue weighted by Gasteiger charge is -2.58. The number of amides is 1. The third-order valence-corrected chi connectivity index (χ3v) is 12.5. The van der Waals surface area contributed by atoms with E-state index >= 15 is 0 Å². The number of aliphatic hydroxyl groups excluding tert-OH is 1. The minimum Gasteiger partial charge on any atom is -0.391 e. The Morgan fingerprint density at radius 2 is 1.92 bits per heavy atom. The topological polar surface area (TPSA) is 91.2 Å². The number of rotatable bonds is 6. The Kier molecular flexibility index (Phi) is 7.45. The molecule has 5 aliphatic carbocycles. The first kappa shape index (κ1) is 27.4. The van der Waals surface area contributed by atoms with Gasteiger partial charge in [0.1, 0.15) is 0 Å². The summed E-state index contributed by atoms with van der Waals surface area (Å²) in [6.07, 6.45) is 14.8. The molecule has 2 N–H and O–H groups in total. The molecule has 0 spiro atoms. The van der Waals surface area contributed by atoms with Gasteiger partial charge in [-0.3, -0.25) is 9.63 Å². The number of aliphatic hydroxyl groups is 1. The van der Waals surface area contributed by atoms with Crippen molar-refractivity contribution in [2.45, 2.75) is 122 Å². The Hall–Kier alpha value is -1.73. The van der Waals surface area contributed by atoms with E-state index in [1.165, 1.54) is 31.3 Å². The summed E-state index contributed by atoms with van der Waals surface area (Å²) >= 11 is 0. The fourth-order valence-electron chi connectivity index (χ4n) is 9.92. The average Bonchev–Trinajstić information content (AvgIpc) is 3.46. The molecule has 4 saturated carbocycles. The van der Waals surface area contributed by atoms with E-state index in [0.717, 1.165) is 63.6 Å². The molecule has 0 aromatic carbocycles. The molecule has 1 amide bonds. The van der Waals surface area contributed by atoms with Gasteiger partial charge in [0.2, 0.25) is 0 Å². The first-order chi connectivity index (χ1) is 18.7. The van der Waals surface area contributed by atoms with Gasteiger partial charge in [-0.2, -0.15) is 0 Å². The number of oxime groups is 1. The van der Waals surface area contributed by atoms with E-state index in [-0.39, 0.29) is 35.1 Å². The lowest BCUT2D eigenvalue weighted by molar-refractivity contribution is -0.117. The number of ketones is 1. The van der Waals surface area contributed by atoms with E-state index < -0.39 is 0 Å². The molecule has 0 aromatic heterocycles. The fourth-order valence-corrected chi connectivity index (χ4v) is 9.92. The molecule has 5 fully saturated rings. The summed E-state index contributed by atoms with van der Waals surface area (Å²) in [5, 5.41) is 18.0. The second kappa shape index (κ2) is 10.6. The van der Waals surface area contributed by atoms with Gasteiger partial charge in [-0.05, 0) is 125 Å². The number of fused-ring (bicyclic) bond motifs is 5. The van der Waals surface area contributed by atoms with Crippen LogP contribution >= 0.6 is 0 Å². The van der Waals surface area contributed by atoms with Crippen LogP contribution in [0.25, 0.3) is 0 Å². The number of allylic oxidation sites excluding steroid dienone is 1. The van der Waals surface area contributed by atoms with Gasteiger partial charge in [-0.1, -0.05) is 24.6 Å². The minimum atomic E-state index is -0.332. The van der Waals surface area contributed by atoms with Gasteiger partial charge in [0.15, 0.2) is 5.78 Å². The first-order valence-electron chi connectivity index (χ1n) is 15.9. The van der Waals surface area contributed by atoms with Crippen molar-refractivity contribution >= 4 is 17.6 Å². The Morgan fingerprint density at radius 1 is 1.10 bits per heavy atom. The van der Waals surface area contributed by atoms with Gasteiger partial charge in [-0.25, -0.2) is 4.79 Å². The maximum Gasteiger partial charge on any atom is 0.436 e. The van der Waals surface area contributed by atoms with Crippen LogP contribution in [0.2, 0.25) is 0 Å². The molecule has 39 heavy (non-hydrogen) atoms. The van der Waals surface area contributed by atoms with E-state index in [1.54, 1.807) is 0 Å². The van der Waals surface area contributed by atoms with Crippen LogP contribution in [0.5, 0.6) is 0 Å². The Bertz CT molecular complexity index is 1040. The third kappa shape index (κ3) is 4.79. The highest BCUT2D eigenvalue weighted by Gasteiger charge is 2.59. The summed E-state index contributed by atoms with van der Waals surface area (Å²) in [5.74, 6) is 2.75. The third-order valence-electron chi connectivity index (χ3n) is 12.5. The summed E-state index contributed by atoms with van der Waals surface area (Å²) in [6, 6.07) is 0.288. The van der Waals surface area contributed by atoms with E-state index in [2.05, 4.69) is 31.2 Å². The smallest absolute Gasteiger partial charge is 0.391 e. The van der Waals surface area contributed by atoms with E-state index in [1.807, 2.05) is 11.0 Å². The zero-order valence-electron chi connectivity index (χ0n) is 24.3. The molecule has 1 aliphatic heterocycles. The molecule has 7 nitrogen and oxygen atoms in total. The number of hydrogen-bond donors (Lipinski definition) is 2. The van der Waals surface area contributed by atoms with Crippen molar-refractivity contribution < 1.29 is 19.5 Å². The van der Waals surface area contributed by atoms with Crippen LogP contribution in [0.15, 0.2) is 16.8 Å². The van der Waals surface area contributed by atoms with Crippen LogP contribution in [-0.2, 0) is 9.63 Å². The maximum absolute atomic E-state index is 13.2. The molecule has 6 aliphatic rings. The SMILES string of the molecule is C/C(=N\OC(=O)N(CCC1NCCC1O)C1CCC1)[C@H]1CC[C@H]2[C@@H]3CCC4=CC(=O)CC[C@]4(C)[C@H]3CC[C@]12C. The monoisotopic (exact) mass is 539 g/mol. The van der Waals surface area contributed by atoms with Gasteiger partial charge >= 0.3 is 6.09 Å². The van der Waals surface area contributed by atoms with Gasteiger partial charge in [-0.15, -0.1) is 0 Å². The molecule has 7 heteroatoms. The van der Waals surface area contributed by atoms with Crippen LogP contribution in [0.3, 0.4) is 0 Å². The molecule has 0 bridgehead atoms.